The normalized spacial score (nSPS) is 11.3. The Hall–Kier alpha value is -0.940. The molecule has 88 valence electrons. The van der Waals surface area contributed by atoms with Crippen LogP contribution in [0.15, 0.2) is 22.7 Å². The Morgan fingerprint density at radius 2 is 2.19 bits per heavy atom. The number of nitrogens with one attached hydrogen (secondary N) is 1. The molecule has 0 spiro atoms. The molecular formula is C11H13BrFNO2. The first-order chi connectivity index (χ1) is 7.35. The van der Waals surface area contributed by atoms with Crippen LogP contribution in [0.1, 0.15) is 24.2 Å². The monoisotopic (exact) mass is 289 g/mol. The number of aliphatic hydroxyl groups is 1. The van der Waals surface area contributed by atoms with E-state index in [1.807, 2.05) is 0 Å². The Kier molecular flexibility index (Phi) is 4.04. The maximum absolute atomic E-state index is 12.9. The van der Waals surface area contributed by atoms with Crippen LogP contribution in [0.25, 0.3) is 0 Å². The van der Waals surface area contributed by atoms with Gasteiger partial charge in [0.1, 0.15) is 5.82 Å². The second-order valence-electron chi connectivity index (χ2n) is 4.13. The third kappa shape index (κ3) is 3.28. The van der Waals surface area contributed by atoms with Crippen molar-refractivity contribution in [1.82, 2.24) is 5.32 Å². The number of rotatable bonds is 3. The highest BCUT2D eigenvalue weighted by atomic mass is 79.9. The summed E-state index contributed by atoms with van der Waals surface area (Å²) in [5.41, 5.74) is -0.354. The second-order valence-corrected chi connectivity index (χ2v) is 4.98. The van der Waals surface area contributed by atoms with Crippen molar-refractivity contribution in [3.63, 3.8) is 0 Å². The summed E-state index contributed by atoms with van der Waals surface area (Å²) in [5.74, 6) is -0.766. The molecule has 1 rings (SSSR count). The van der Waals surface area contributed by atoms with E-state index in [1.165, 1.54) is 18.2 Å². The van der Waals surface area contributed by atoms with Gasteiger partial charge in [0.25, 0.3) is 5.91 Å². The fourth-order valence-electron chi connectivity index (χ4n) is 1.06. The molecule has 0 saturated carbocycles. The molecule has 0 aliphatic carbocycles. The molecule has 0 radical (unpaired) electrons. The molecule has 3 nitrogen and oxygen atoms in total. The van der Waals surface area contributed by atoms with Crippen molar-refractivity contribution in [3.8, 4) is 0 Å². The molecule has 0 aliphatic heterocycles. The predicted octanol–water partition coefficient (Wildman–Crippen LogP) is 2.09. The Morgan fingerprint density at radius 1 is 1.56 bits per heavy atom. The number of benzene rings is 1. The van der Waals surface area contributed by atoms with Gasteiger partial charge < -0.3 is 10.4 Å². The zero-order chi connectivity index (χ0) is 12.3. The molecule has 2 N–H and O–H groups in total. The summed E-state index contributed by atoms with van der Waals surface area (Å²) >= 11 is 3.01. The standard InChI is InChI=1S/C11H13BrFNO2/c1-11(2,6-15)14-10(16)7-3-4-9(13)8(12)5-7/h3-5,15H,6H2,1-2H3,(H,14,16). The molecule has 0 atom stereocenters. The van der Waals surface area contributed by atoms with Crippen LogP contribution in [-0.2, 0) is 0 Å². The first kappa shape index (κ1) is 13.1. The minimum atomic E-state index is -0.696. The van der Waals surface area contributed by atoms with E-state index in [2.05, 4.69) is 21.2 Å². The highest BCUT2D eigenvalue weighted by Crippen LogP contribution is 2.17. The Labute approximate surface area is 102 Å². The van der Waals surface area contributed by atoms with Crippen LogP contribution >= 0.6 is 15.9 Å². The predicted molar refractivity (Wildman–Crippen MR) is 62.7 cm³/mol. The van der Waals surface area contributed by atoms with Gasteiger partial charge >= 0.3 is 0 Å². The molecule has 0 heterocycles. The van der Waals surface area contributed by atoms with Gasteiger partial charge in [-0.1, -0.05) is 0 Å². The largest absolute Gasteiger partial charge is 0.394 e. The summed E-state index contributed by atoms with van der Waals surface area (Å²) in [4.78, 5) is 11.7. The highest BCUT2D eigenvalue weighted by Gasteiger charge is 2.20. The van der Waals surface area contributed by atoms with E-state index in [9.17, 15) is 9.18 Å². The second kappa shape index (κ2) is 4.93. The van der Waals surface area contributed by atoms with Gasteiger partial charge in [-0.25, -0.2) is 4.39 Å². The third-order valence-corrected chi connectivity index (χ3v) is 2.64. The van der Waals surface area contributed by atoms with E-state index in [1.54, 1.807) is 13.8 Å². The summed E-state index contributed by atoms with van der Waals surface area (Å²) < 4.78 is 13.2. The Bertz CT molecular complexity index is 407. The maximum Gasteiger partial charge on any atom is 0.251 e. The number of hydrogen-bond donors (Lipinski definition) is 2. The quantitative estimate of drug-likeness (QED) is 0.895. The Morgan fingerprint density at radius 3 is 2.69 bits per heavy atom. The van der Waals surface area contributed by atoms with Crippen LogP contribution < -0.4 is 5.32 Å². The van der Waals surface area contributed by atoms with Gasteiger partial charge in [0.05, 0.1) is 16.6 Å². The van der Waals surface area contributed by atoms with E-state index < -0.39 is 11.4 Å². The minimum Gasteiger partial charge on any atom is -0.394 e. The average molecular weight is 290 g/mol. The third-order valence-electron chi connectivity index (χ3n) is 2.03. The maximum atomic E-state index is 12.9. The minimum absolute atomic E-state index is 0.166. The Balaban J connectivity index is 2.85. The molecular weight excluding hydrogens is 277 g/mol. The van der Waals surface area contributed by atoms with Crippen molar-refractivity contribution in [3.05, 3.63) is 34.1 Å². The van der Waals surface area contributed by atoms with Gasteiger partial charge in [-0.2, -0.15) is 0 Å². The van der Waals surface area contributed by atoms with Crippen LogP contribution in [0.2, 0.25) is 0 Å². The van der Waals surface area contributed by atoms with Crippen molar-refractivity contribution in [1.29, 1.82) is 0 Å². The van der Waals surface area contributed by atoms with E-state index in [0.717, 1.165) is 0 Å². The van der Waals surface area contributed by atoms with Crippen molar-refractivity contribution < 1.29 is 14.3 Å². The number of carbonyl (C=O) groups excluding carboxylic acids is 1. The lowest BCUT2D eigenvalue weighted by Crippen LogP contribution is -2.46. The van der Waals surface area contributed by atoms with Crippen molar-refractivity contribution in [2.75, 3.05) is 6.61 Å². The van der Waals surface area contributed by atoms with Crippen LogP contribution in [-0.4, -0.2) is 23.2 Å². The number of hydrogen-bond acceptors (Lipinski definition) is 2. The zero-order valence-electron chi connectivity index (χ0n) is 9.05. The lowest BCUT2D eigenvalue weighted by molar-refractivity contribution is 0.0869. The molecule has 5 heteroatoms. The molecule has 0 saturated heterocycles. The molecule has 1 aromatic rings. The summed E-state index contributed by atoms with van der Waals surface area (Å²) in [5, 5.41) is 11.6. The van der Waals surface area contributed by atoms with Gasteiger partial charge in [-0.15, -0.1) is 0 Å². The lowest BCUT2D eigenvalue weighted by Gasteiger charge is -2.23. The fourth-order valence-corrected chi connectivity index (χ4v) is 1.44. The van der Waals surface area contributed by atoms with E-state index in [0.29, 0.717) is 5.56 Å². The van der Waals surface area contributed by atoms with E-state index >= 15 is 0 Å². The molecule has 16 heavy (non-hydrogen) atoms. The van der Waals surface area contributed by atoms with Crippen LogP contribution in [0.3, 0.4) is 0 Å². The van der Waals surface area contributed by atoms with Gasteiger partial charge in [0.15, 0.2) is 0 Å². The van der Waals surface area contributed by atoms with Gasteiger partial charge in [0.2, 0.25) is 0 Å². The zero-order valence-corrected chi connectivity index (χ0v) is 10.6. The molecule has 0 aliphatic rings. The summed E-state index contributed by atoms with van der Waals surface area (Å²) in [6.45, 7) is 3.23. The average Bonchev–Trinajstić information content (AvgIpc) is 2.21. The number of aliphatic hydroxyl groups excluding tert-OH is 1. The van der Waals surface area contributed by atoms with E-state index in [-0.39, 0.29) is 17.0 Å². The van der Waals surface area contributed by atoms with E-state index in [4.69, 9.17) is 5.11 Å². The smallest absolute Gasteiger partial charge is 0.251 e. The van der Waals surface area contributed by atoms with Crippen molar-refractivity contribution in [2.24, 2.45) is 0 Å². The first-order valence-electron chi connectivity index (χ1n) is 4.74. The number of amides is 1. The fraction of sp³-hybridized carbons (Fsp3) is 0.364. The summed E-state index contributed by atoms with van der Waals surface area (Å²) in [6, 6.07) is 4.01. The molecule has 0 unspecified atom stereocenters. The van der Waals surface area contributed by atoms with Gasteiger partial charge in [-0.3, -0.25) is 4.79 Å². The SMILES string of the molecule is CC(C)(CO)NC(=O)c1ccc(F)c(Br)c1. The lowest BCUT2D eigenvalue weighted by atomic mass is 10.1. The molecule has 0 bridgehead atoms. The number of halogens is 2. The van der Waals surface area contributed by atoms with Crippen LogP contribution in [0, 0.1) is 5.82 Å². The highest BCUT2D eigenvalue weighted by molar-refractivity contribution is 9.10. The summed E-state index contributed by atoms with van der Waals surface area (Å²) in [7, 11) is 0. The topological polar surface area (TPSA) is 49.3 Å². The molecule has 0 aromatic heterocycles. The molecule has 1 aromatic carbocycles. The first-order valence-corrected chi connectivity index (χ1v) is 5.53. The van der Waals surface area contributed by atoms with Crippen molar-refractivity contribution >= 4 is 21.8 Å². The van der Waals surface area contributed by atoms with Crippen LogP contribution in [0.5, 0.6) is 0 Å². The van der Waals surface area contributed by atoms with Gasteiger partial charge in [0, 0.05) is 5.56 Å². The molecule has 0 fully saturated rings. The van der Waals surface area contributed by atoms with Gasteiger partial charge in [-0.05, 0) is 48.0 Å². The summed E-state index contributed by atoms with van der Waals surface area (Å²) in [6.07, 6.45) is 0. The molecule has 1 amide bonds. The van der Waals surface area contributed by atoms with Crippen LogP contribution in [0.4, 0.5) is 4.39 Å². The van der Waals surface area contributed by atoms with Crippen molar-refractivity contribution in [2.45, 2.75) is 19.4 Å². The number of carbonyl (C=O) groups is 1.